The van der Waals surface area contributed by atoms with Crippen molar-refractivity contribution in [3.8, 4) is 0 Å². The summed E-state index contributed by atoms with van der Waals surface area (Å²) < 4.78 is 4.67. The molecule has 2 rings (SSSR count). The molecule has 1 aliphatic heterocycles. The summed E-state index contributed by atoms with van der Waals surface area (Å²) in [6.07, 6.45) is 2.99. The smallest absolute Gasteiger partial charge is 0.337 e. The molecular formula is C19H28N2O4. The van der Waals surface area contributed by atoms with Gasteiger partial charge in [0.2, 0.25) is 5.91 Å². The molecule has 1 aromatic carbocycles. The number of hydrogen-bond donors (Lipinski definition) is 2. The molecule has 1 amide bonds. The number of carbonyl (C=O) groups is 2. The summed E-state index contributed by atoms with van der Waals surface area (Å²) >= 11 is 0. The van der Waals surface area contributed by atoms with Crippen LogP contribution in [-0.4, -0.2) is 54.7 Å². The van der Waals surface area contributed by atoms with Crippen LogP contribution in [0.15, 0.2) is 24.3 Å². The topological polar surface area (TPSA) is 78.9 Å². The molecule has 0 radical (unpaired) electrons. The number of ether oxygens (including phenoxy) is 1. The fourth-order valence-corrected chi connectivity index (χ4v) is 3.25. The normalized spacial score (nSPS) is 19.2. The van der Waals surface area contributed by atoms with Crippen LogP contribution in [0.4, 0.5) is 0 Å². The average Bonchev–Trinajstić information content (AvgIpc) is 2.65. The Morgan fingerprint density at radius 1 is 1.36 bits per heavy atom. The summed E-state index contributed by atoms with van der Waals surface area (Å²) in [5.41, 5.74) is 1.43. The first kappa shape index (κ1) is 19.4. The maximum atomic E-state index is 12.4. The Morgan fingerprint density at radius 2 is 2.08 bits per heavy atom. The highest BCUT2D eigenvalue weighted by atomic mass is 16.5. The number of esters is 1. The third kappa shape index (κ3) is 5.54. The molecule has 0 saturated carbocycles. The van der Waals surface area contributed by atoms with E-state index in [0.717, 1.165) is 37.9 Å². The number of hydrogen-bond acceptors (Lipinski definition) is 5. The van der Waals surface area contributed by atoms with Gasteiger partial charge in [0, 0.05) is 19.7 Å². The van der Waals surface area contributed by atoms with E-state index in [4.69, 9.17) is 5.11 Å². The SMILES string of the molecule is COC(=O)c1ccc(CNC(=O)C(C)N2CCCC(CCO)C2)cc1. The van der Waals surface area contributed by atoms with Gasteiger partial charge in [-0.2, -0.15) is 0 Å². The van der Waals surface area contributed by atoms with Crippen LogP contribution in [0.1, 0.15) is 42.1 Å². The fourth-order valence-electron chi connectivity index (χ4n) is 3.25. The molecule has 1 heterocycles. The number of methoxy groups -OCH3 is 1. The van der Waals surface area contributed by atoms with Crippen LogP contribution in [0.5, 0.6) is 0 Å². The second-order valence-electron chi connectivity index (χ2n) is 6.60. The van der Waals surface area contributed by atoms with Crippen molar-refractivity contribution >= 4 is 11.9 Å². The number of aliphatic hydroxyl groups is 1. The van der Waals surface area contributed by atoms with Crippen LogP contribution in [0.2, 0.25) is 0 Å². The lowest BCUT2D eigenvalue weighted by Crippen LogP contribution is -2.49. The highest BCUT2D eigenvalue weighted by Crippen LogP contribution is 2.21. The third-order valence-corrected chi connectivity index (χ3v) is 4.86. The van der Waals surface area contributed by atoms with Crippen LogP contribution in [-0.2, 0) is 16.1 Å². The number of piperidine rings is 1. The molecule has 1 fully saturated rings. The van der Waals surface area contributed by atoms with Crippen LogP contribution < -0.4 is 5.32 Å². The van der Waals surface area contributed by atoms with E-state index >= 15 is 0 Å². The molecule has 6 nitrogen and oxygen atoms in total. The minimum Gasteiger partial charge on any atom is -0.465 e. The zero-order valence-electron chi connectivity index (χ0n) is 15.0. The number of amides is 1. The van der Waals surface area contributed by atoms with E-state index < -0.39 is 0 Å². The molecule has 1 saturated heterocycles. The van der Waals surface area contributed by atoms with Crippen LogP contribution in [0.3, 0.4) is 0 Å². The number of nitrogens with one attached hydrogen (secondary N) is 1. The Balaban J connectivity index is 1.83. The van der Waals surface area contributed by atoms with Gasteiger partial charge in [-0.05, 0) is 56.3 Å². The van der Waals surface area contributed by atoms with Crippen molar-refractivity contribution in [3.05, 3.63) is 35.4 Å². The Bertz CT molecular complexity index is 571. The van der Waals surface area contributed by atoms with E-state index in [1.807, 2.05) is 19.1 Å². The van der Waals surface area contributed by atoms with Crippen LogP contribution in [0.25, 0.3) is 0 Å². The first-order valence-electron chi connectivity index (χ1n) is 8.85. The minimum absolute atomic E-state index is 0.00157. The van der Waals surface area contributed by atoms with Gasteiger partial charge in [-0.3, -0.25) is 9.69 Å². The van der Waals surface area contributed by atoms with Crippen molar-refractivity contribution in [3.63, 3.8) is 0 Å². The van der Waals surface area contributed by atoms with Crippen molar-refractivity contribution in [2.24, 2.45) is 5.92 Å². The minimum atomic E-state index is -0.369. The number of carbonyl (C=O) groups excluding carboxylic acids is 2. The molecule has 2 N–H and O–H groups in total. The van der Waals surface area contributed by atoms with E-state index in [9.17, 15) is 9.59 Å². The molecule has 0 aliphatic carbocycles. The van der Waals surface area contributed by atoms with Gasteiger partial charge in [0.1, 0.15) is 0 Å². The van der Waals surface area contributed by atoms with E-state index in [1.54, 1.807) is 12.1 Å². The molecule has 6 heteroatoms. The van der Waals surface area contributed by atoms with E-state index in [0.29, 0.717) is 18.0 Å². The van der Waals surface area contributed by atoms with Crippen molar-refractivity contribution in [1.82, 2.24) is 10.2 Å². The number of nitrogens with zero attached hydrogens (tertiary/aromatic N) is 1. The molecule has 138 valence electrons. The molecule has 0 bridgehead atoms. The van der Waals surface area contributed by atoms with Gasteiger partial charge < -0.3 is 15.2 Å². The van der Waals surface area contributed by atoms with Gasteiger partial charge in [0.15, 0.2) is 0 Å². The average molecular weight is 348 g/mol. The van der Waals surface area contributed by atoms with Crippen molar-refractivity contribution in [1.29, 1.82) is 0 Å². The van der Waals surface area contributed by atoms with Crippen LogP contribution in [0, 0.1) is 5.92 Å². The highest BCUT2D eigenvalue weighted by molar-refractivity contribution is 5.89. The van der Waals surface area contributed by atoms with E-state index in [-0.39, 0.29) is 24.5 Å². The second kappa shape index (κ2) is 9.53. The second-order valence-corrected chi connectivity index (χ2v) is 6.60. The molecule has 2 atom stereocenters. The molecule has 1 aliphatic rings. The summed E-state index contributed by atoms with van der Waals surface area (Å²) in [6.45, 7) is 4.35. The Kier molecular flexibility index (Phi) is 7.40. The first-order valence-corrected chi connectivity index (χ1v) is 8.85. The first-order chi connectivity index (χ1) is 12.0. The zero-order chi connectivity index (χ0) is 18.2. The van der Waals surface area contributed by atoms with Crippen LogP contribution >= 0.6 is 0 Å². The summed E-state index contributed by atoms with van der Waals surface area (Å²) in [7, 11) is 1.35. The third-order valence-electron chi connectivity index (χ3n) is 4.86. The van der Waals surface area contributed by atoms with Gasteiger partial charge in [0.05, 0.1) is 18.7 Å². The Labute approximate surface area is 149 Å². The van der Waals surface area contributed by atoms with Crippen molar-refractivity contribution in [2.75, 3.05) is 26.8 Å². The zero-order valence-corrected chi connectivity index (χ0v) is 15.0. The molecular weight excluding hydrogens is 320 g/mol. The number of rotatable bonds is 7. The maximum Gasteiger partial charge on any atom is 0.337 e. The van der Waals surface area contributed by atoms with E-state index in [2.05, 4.69) is 15.0 Å². The number of aliphatic hydroxyl groups excluding tert-OH is 1. The van der Waals surface area contributed by atoms with Gasteiger partial charge in [-0.15, -0.1) is 0 Å². The maximum absolute atomic E-state index is 12.4. The molecule has 25 heavy (non-hydrogen) atoms. The molecule has 0 aromatic heterocycles. The fraction of sp³-hybridized carbons (Fsp3) is 0.579. The van der Waals surface area contributed by atoms with Gasteiger partial charge in [0.25, 0.3) is 0 Å². The Hall–Kier alpha value is -1.92. The van der Waals surface area contributed by atoms with Gasteiger partial charge in [-0.25, -0.2) is 4.79 Å². The van der Waals surface area contributed by atoms with Crippen molar-refractivity contribution in [2.45, 2.75) is 38.8 Å². The Morgan fingerprint density at radius 3 is 2.72 bits per heavy atom. The quantitative estimate of drug-likeness (QED) is 0.732. The predicted molar refractivity (Wildman–Crippen MR) is 95.1 cm³/mol. The number of benzene rings is 1. The lowest BCUT2D eigenvalue weighted by atomic mass is 9.94. The monoisotopic (exact) mass is 348 g/mol. The molecule has 1 aromatic rings. The lowest BCUT2D eigenvalue weighted by molar-refractivity contribution is -0.126. The molecule has 2 unspecified atom stereocenters. The van der Waals surface area contributed by atoms with Crippen molar-refractivity contribution < 1.29 is 19.4 Å². The highest BCUT2D eigenvalue weighted by Gasteiger charge is 2.26. The molecule has 0 spiro atoms. The lowest BCUT2D eigenvalue weighted by Gasteiger charge is -2.36. The van der Waals surface area contributed by atoms with Gasteiger partial charge >= 0.3 is 5.97 Å². The summed E-state index contributed by atoms with van der Waals surface area (Å²) in [5.74, 6) is 0.105. The summed E-state index contributed by atoms with van der Waals surface area (Å²) in [6, 6.07) is 6.84. The summed E-state index contributed by atoms with van der Waals surface area (Å²) in [4.78, 5) is 26.0. The standard InChI is InChI=1S/C19H28N2O4/c1-14(21-10-3-4-16(13-21)9-11-22)18(23)20-12-15-5-7-17(8-6-15)19(24)25-2/h5-8,14,16,22H,3-4,9-13H2,1-2H3,(H,20,23). The largest absolute Gasteiger partial charge is 0.465 e. The summed E-state index contributed by atoms with van der Waals surface area (Å²) in [5, 5.41) is 12.1. The predicted octanol–water partition coefficient (Wildman–Crippen LogP) is 1.57. The van der Waals surface area contributed by atoms with E-state index in [1.165, 1.54) is 7.11 Å². The number of likely N-dealkylation sites (tertiary alicyclic amines) is 1. The van der Waals surface area contributed by atoms with Gasteiger partial charge in [-0.1, -0.05) is 12.1 Å².